The Bertz CT molecular complexity index is 1730. The number of methoxy groups -OCH3 is 1. The molecule has 1 atom stereocenters. The van der Waals surface area contributed by atoms with Gasteiger partial charge >= 0.3 is 5.97 Å². The summed E-state index contributed by atoms with van der Waals surface area (Å²) >= 11 is 1.23. The smallest absolute Gasteiger partial charge is 0.338 e. The number of hydrogen-bond acceptors (Lipinski definition) is 7. The highest BCUT2D eigenvalue weighted by molar-refractivity contribution is 7.07. The number of fused-ring (bicyclic) bond motifs is 1. The van der Waals surface area contributed by atoms with Crippen molar-refractivity contribution in [1.29, 1.82) is 0 Å². The van der Waals surface area contributed by atoms with E-state index < -0.39 is 16.9 Å². The van der Waals surface area contributed by atoms with Gasteiger partial charge in [-0.25, -0.2) is 9.79 Å². The zero-order valence-corrected chi connectivity index (χ0v) is 20.8. The molecule has 0 saturated heterocycles. The zero-order chi connectivity index (χ0) is 26.1. The van der Waals surface area contributed by atoms with E-state index in [0.717, 1.165) is 5.56 Å². The van der Waals surface area contributed by atoms with E-state index in [1.165, 1.54) is 29.1 Å². The molecule has 1 aliphatic rings. The average Bonchev–Trinajstić information content (AvgIpc) is 3.46. The van der Waals surface area contributed by atoms with Crippen LogP contribution in [0.1, 0.15) is 29.8 Å². The van der Waals surface area contributed by atoms with E-state index in [1.807, 2.05) is 53.2 Å². The molecule has 0 N–H and O–H groups in total. The van der Waals surface area contributed by atoms with Crippen LogP contribution in [0.4, 0.5) is 5.69 Å². The standard InChI is InChI=1S/C27H22N4O5S/c1-17-23(26(33)36-2)24(18-9-4-3-5-10-18)30-25(32)22(37-27(30)28-17)15-20-12-8-14-29(20)16-19-11-6-7-13-21(19)31(34)35/h3-15,24H,16H2,1-2H3. The topological polar surface area (TPSA) is 109 Å². The predicted molar refractivity (Wildman–Crippen MR) is 139 cm³/mol. The van der Waals surface area contributed by atoms with Crippen molar-refractivity contribution in [3.63, 3.8) is 0 Å². The molecule has 0 saturated carbocycles. The molecule has 5 rings (SSSR count). The largest absolute Gasteiger partial charge is 0.466 e. The Balaban J connectivity index is 1.63. The molecule has 37 heavy (non-hydrogen) atoms. The van der Waals surface area contributed by atoms with Crippen molar-refractivity contribution in [1.82, 2.24) is 9.13 Å². The van der Waals surface area contributed by atoms with Crippen LogP contribution in [-0.4, -0.2) is 27.1 Å². The molecular weight excluding hydrogens is 492 g/mol. The fourth-order valence-electron chi connectivity index (χ4n) is 4.49. The van der Waals surface area contributed by atoms with Gasteiger partial charge in [-0.3, -0.25) is 19.5 Å². The fourth-order valence-corrected chi connectivity index (χ4v) is 5.52. The Hall–Kier alpha value is -4.57. The highest BCUT2D eigenvalue weighted by atomic mass is 32.1. The Morgan fingerprint density at radius 1 is 1.14 bits per heavy atom. The first-order valence-electron chi connectivity index (χ1n) is 11.4. The van der Waals surface area contributed by atoms with Gasteiger partial charge in [0, 0.05) is 23.5 Å². The van der Waals surface area contributed by atoms with Gasteiger partial charge in [0.1, 0.15) is 0 Å². The van der Waals surface area contributed by atoms with Crippen LogP contribution in [0.2, 0.25) is 0 Å². The number of para-hydroxylation sites is 1. The van der Waals surface area contributed by atoms with Gasteiger partial charge in [-0.05, 0) is 30.7 Å². The van der Waals surface area contributed by atoms with Crippen molar-refractivity contribution in [2.75, 3.05) is 7.11 Å². The van der Waals surface area contributed by atoms with Crippen LogP contribution in [0.3, 0.4) is 0 Å². The quantitative estimate of drug-likeness (QED) is 0.223. The third kappa shape index (κ3) is 4.43. The third-order valence-corrected chi connectivity index (χ3v) is 7.20. The molecule has 4 aromatic rings. The minimum absolute atomic E-state index is 0.0372. The van der Waals surface area contributed by atoms with Gasteiger partial charge in [-0.1, -0.05) is 59.9 Å². The number of carbonyl (C=O) groups excluding carboxylic acids is 1. The van der Waals surface area contributed by atoms with Gasteiger partial charge in [0.2, 0.25) is 0 Å². The normalized spacial score (nSPS) is 15.3. The van der Waals surface area contributed by atoms with E-state index in [1.54, 1.807) is 31.2 Å². The van der Waals surface area contributed by atoms with Gasteiger partial charge in [0.05, 0.1) is 40.4 Å². The molecule has 3 heterocycles. The molecule has 2 aromatic heterocycles. The third-order valence-electron chi connectivity index (χ3n) is 6.21. The second kappa shape index (κ2) is 9.82. The number of benzene rings is 2. The van der Waals surface area contributed by atoms with Crippen molar-refractivity contribution < 1.29 is 14.5 Å². The first kappa shape index (κ1) is 24.1. The molecule has 1 aliphatic heterocycles. The first-order valence-corrected chi connectivity index (χ1v) is 12.2. The van der Waals surface area contributed by atoms with Crippen molar-refractivity contribution in [2.24, 2.45) is 4.99 Å². The zero-order valence-electron chi connectivity index (χ0n) is 20.0. The number of nitrogens with zero attached hydrogens (tertiary/aromatic N) is 4. The number of hydrogen-bond donors (Lipinski definition) is 0. The van der Waals surface area contributed by atoms with Crippen molar-refractivity contribution in [2.45, 2.75) is 19.5 Å². The summed E-state index contributed by atoms with van der Waals surface area (Å²) in [5.74, 6) is -0.539. The number of nitro groups is 1. The minimum atomic E-state index is -0.675. The lowest BCUT2D eigenvalue weighted by Gasteiger charge is -2.24. The maximum atomic E-state index is 13.7. The molecule has 0 aliphatic carbocycles. The van der Waals surface area contributed by atoms with Crippen LogP contribution >= 0.6 is 11.3 Å². The summed E-state index contributed by atoms with van der Waals surface area (Å²) in [5, 5.41) is 11.5. The van der Waals surface area contributed by atoms with E-state index in [2.05, 4.69) is 4.99 Å². The van der Waals surface area contributed by atoms with Crippen LogP contribution < -0.4 is 14.9 Å². The number of esters is 1. The Kier molecular flexibility index (Phi) is 6.41. The summed E-state index contributed by atoms with van der Waals surface area (Å²) in [7, 11) is 1.31. The average molecular weight is 515 g/mol. The van der Waals surface area contributed by atoms with Crippen LogP contribution in [0, 0.1) is 10.1 Å². The van der Waals surface area contributed by atoms with E-state index in [9.17, 15) is 19.7 Å². The first-order chi connectivity index (χ1) is 17.9. The van der Waals surface area contributed by atoms with Crippen LogP contribution in [0.25, 0.3) is 6.08 Å². The summed E-state index contributed by atoms with van der Waals surface area (Å²) in [6, 6.07) is 18.9. The van der Waals surface area contributed by atoms with E-state index >= 15 is 0 Å². The van der Waals surface area contributed by atoms with Gasteiger partial charge < -0.3 is 9.30 Å². The molecule has 186 valence electrons. The molecule has 0 amide bonds. The summed E-state index contributed by atoms with van der Waals surface area (Å²) in [5.41, 5.74) is 2.59. The van der Waals surface area contributed by atoms with Gasteiger partial charge in [0.15, 0.2) is 4.80 Å². The molecule has 0 fully saturated rings. The molecular formula is C27H22N4O5S. The predicted octanol–water partition coefficient (Wildman–Crippen LogP) is 3.17. The number of allylic oxidation sites excluding steroid dienone is 1. The molecule has 10 heteroatoms. The molecule has 1 unspecified atom stereocenters. The highest BCUT2D eigenvalue weighted by Crippen LogP contribution is 2.30. The number of ether oxygens (including phenoxy) is 1. The van der Waals surface area contributed by atoms with Gasteiger partial charge in [-0.15, -0.1) is 0 Å². The lowest BCUT2D eigenvalue weighted by molar-refractivity contribution is -0.385. The van der Waals surface area contributed by atoms with Crippen LogP contribution in [-0.2, 0) is 16.1 Å². The summed E-state index contributed by atoms with van der Waals surface area (Å²) in [6.07, 6.45) is 3.56. The molecule has 0 radical (unpaired) electrons. The van der Waals surface area contributed by atoms with E-state index in [4.69, 9.17) is 4.74 Å². The van der Waals surface area contributed by atoms with Crippen molar-refractivity contribution >= 4 is 29.1 Å². The molecule has 0 spiro atoms. The highest BCUT2D eigenvalue weighted by Gasteiger charge is 2.32. The molecule has 0 bridgehead atoms. The monoisotopic (exact) mass is 514 g/mol. The van der Waals surface area contributed by atoms with Crippen molar-refractivity contribution in [3.05, 3.63) is 131 Å². The Morgan fingerprint density at radius 3 is 2.59 bits per heavy atom. The second-order valence-corrected chi connectivity index (χ2v) is 9.44. The number of carbonyl (C=O) groups is 1. The summed E-state index contributed by atoms with van der Waals surface area (Å²) in [4.78, 5) is 42.5. The van der Waals surface area contributed by atoms with Crippen LogP contribution in [0.15, 0.2) is 94.0 Å². The van der Waals surface area contributed by atoms with E-state index in [-0.39, 0.29) is 17.8 Å². The Morgan fingerprint density at radius 2 is 1.86 bits per heavy atom. The lowest BCUT2D eigenvalue weighted by atomic mass is 9.96. The molecule has 2 aromatic carbocycles. The van der Waals surface area contributed by atoms with Crippen molar-refractivity contribution in [3.8, 4) is 0 Å². The number of rotatable bonds is 6. The minimum Gasteiger partial charge on any atom is -0.466 e. The SMILES string of the molecule is COC(=O)C1=C(C)N=c2sc(=Cc3cccn3Cc3ccccc3[N+](=O)[O-])c(=O)n2C1c1ccccc1. The maximum Gasteiger partial charge on any atom is 0.338 e. The van der Waals surface area contributed by atoms with E-state index in [0.29, 0.717) is 31.9 Å². The fraction of sp³-hybridized carbons (Fsp3) is 0.148. The molecule has 9 nitrogen and oxygen atoms in total. The summed E-state index contributed by atoms with van der Waals surface area (Å²) in [6.45, 7) is 2.00. The van der Waals surface area contributed by atoms with Crippen LogP contribution in [0.5, 0.6) is 0 Å². The Labute approximate surface area is 215 Å². The van der Waals surface area contributed by atoms with Gasteiger partial charge in [-0.2, -0.15) is 0 Å². The summed E-state index contributed by atoms with van der Waals surface area (Å²) < 4.78 is 8.84. The maximum absolute atomic E-state index is 13.7. The number of aromatic nitrogens is 2. The lowest BCUT2D eigenvalue weighted by Crippen LogP contribution is -2.39. The van der Waals surface area contributed by atoms with Gasteiger partial charge in [0.25, 0.3) is 11.2 Å². The second-order valence-electron chi connectivity index (χ2n) is 8.43. The number of nitro benzene ring substituents is 1. The number of thiazole rings is 1.